The van der Waals surface area contributed by atoms with Gasteiger partial charge in [-0.05, 0) is 58.0 Å². The third-order valence-electron chi connectivity index (χ3n) is 3.07. The number of hydrogen-bond acceptors (Lipinski definition) is 1. The second-order valence-electron chi connectivity index (χ2n) is 4.41. The lowest BCUT2D eigenvalue weighted by Crippen LogP contribution is -1.99. The minimum atomic E-state index is -0.398. The Kier molecular flexibility index (Phi) is 3.55. The molecule has 0 saturated carbocycles. The second kappa shape index (κ2) is 5.21. The van der Waals surface area contributed by atoms with E-state index in [0.29, 0.717) is 5.52 Å². The van der Waals surface area contributed by atoms with E-state index in [1.807, 2.05) is 12.1 Å². The van der Waals surface area contributed by atoms with E-state index >= 15 is 0 Å². The van der Waals surface area contributed by atoms with Gasteiger partial charge in [0, 0.05) is 3.57 Å². The van der Waals surface area contributed by atoms with Gasteiger partial charge in [-0.25, -0.2) is 9.18 Å². The molecule has 0 saturated heterocycles. The van der Waals surface area contributed by atoms with Crippen molar-refractivity contribution in [1.29, 1.82) is 0 Å². The number of H-pyrrole nitrogens is 2. The summed E-state index contributed by atoms with van der Waals surface area (Å²) >= 11 is 8.53. The third-order valence-corrected chi connectivity index (χ3v) is 4.49. The zero-order valence-corrected chi connectivity index (χ0v) is 13.0. The molecular formula is C14H9ClFIN2O. The first-order valence-corrected chi connectivity index (χ1v) is 7.37. The van der Waals surface area contributed by atoms with Crippen LogP contribution >= 0.6 is 34.2 Å². The lowest BCUT2D eigenvalue weighted by atomic mass is 10.0. The SMILES string of the molecule is O=c1[nH]c2ccc(C(Cl)c3ccc(F)cc3I)cc2[nH]1. The van der Waals surface area contributed by atoms with Crippen molar-refractivity contribution in [3.8, 4) is 0 Å². The minimum absolute atomic E-state index is 0.250. The summed E-state index contributed by atoms with van der Waals surface area (Å²) in [6.45, 7) is 0. The van der Waals surface area contributed by atoms with Gasteiger partial charge in [0.15, 0.2) is 0 Å². The van der Waals surface area contributed by atoms with Gasteiger partial charge in [-0.1, -0.05) is 12.1 Å². The summed E-state index contributed by atoms with van der Waals surface area (Å²) in [4.78, 5) is 16.6. The van der Waals surface area contributed by atoms with E-state index in [0.717, 1.165) is 20.2 Å². The van der Waals surface area contributed by atoms with Crippen LogP contribution in [0.15, 0.2) is 41.2 Å². The van der Waals surface area contributed by atoms with Crippen molar-refractivity contribution < 1.29 is 4.39 Å². The molecule has 0 radical (unpaired) electrons. The monoisotopic (exact) mass is 402 g/mol. The highest BCUT2D eigenvalue weighted by Gasteiger charge is 2.15. The van der Waals surface area contributed by atoms with Gasteiger partial charge >= 0.3 is 5.69 Å². The molecule has 2 N–H and O–H groups in total. The Hall–Kier alpha value is -1.34. The summed E-state index contributed by atoms with van der Waals surface area (Å²) in [5.74, 6) is -0.285. The van der Waals surface area contributed by atoms with Crippen LogP contribution < -0.4 is 5.69 Å². The average molecular weight is 403 g/mol. The van der Waals surface area contributed by atoms with Crippen LogP contribution in [0.3, 0.4) is 0 Å². The molecule has 0 aliphatic rings. The largest absolute Gasteiger partial charge is 0.323 e. The summed E-state index contributed by atoms with van der Waals surface area (Å²) in [6, 6.07) is 9.99. The van der Waals surface area contributed by atoms with Crippen LogP contribution in [0.5, 0.6) is 0 Å². The van der Waals surface area contributed by atoms with Gasteiger partial charge in [-0.2, -0.15) is 0 Å². The standard InChI is InChI=1S/C14H9ClFIN2O/c15-13(9-3-2-8(16)6-10(9)17)7-1-4-11-12(5-7)19-14(20)18-11/h1-6,13H,(H2,18,19,20). The number of fused-ring (bicyclic) bond motifs is 1. The maximum atomic E-state index is 13.1. The lowest BCUT2D eigenvalue weighted by molar-refractivity contribution is 0.626. The van der Waals surface area contributed by atoms with Crippen LogP contribution in [-0.2, 0) is 0 Å². The molecule has 0 fully saturated rings. The van der Waals surface area contributed by atoms with E-state index in [-0.39, 0.29) is 11.5 Å². The van der Waals surface area contributed by atoms with Gasteiger partial charge in [0.1, 0.15) is 5.82 Å². The van der Waals surface area contributed by atoms with Crippen molar-refractivity contribution in [3.63, 3.8) is 0 Å². The topological polar surface area (TPSA) is 48.6 Å². The Balaban J connectivity index is 2.06. The summed E-state index contributed by atoms with van der Waals surface area (Å²) in [5, 5.41) is -0.398. The number of benzene rings is 2. The maximum Gasteiger partial charge on any atom is 0.323 e. The van der Waals surface area contributed by atoms with Crippen molar-refractivity contribution >= 4 is 45.2 Å². The summed E-state index contributed by atoms with van der Waals surface area (Å²) in [7, 11) is 0. The zero-order chi connectivity index (χ0) is 14.3. The number of aromatic amines is 2. The molecule has 3 aromatic rings. The van der Waals surface area contributed by atoms with Gasteiger partial charge in [-0.15, -0.1) is 11.6 Å². The van der Waals surface area contributed by atoms with Crippen molar-refractivity contribution in [2.45, 2.75) is 5.38 Å². The first-order valence-electron chi connectivity index (χ1n) is 5.85. The van der Waals surface area contributed by atoms with Crippen LogP contribution in [0.25, 0.3) is 11.0 Å². The predicted molar refractivity (Wildman–Crippen MR) is 85.7 cm³/mol. The lowest BCUT2D eigenvalue weighted by Gasteiger charge is -2.12. The number of nitrogens with one attached hydrogen (secondary N) is 2. The predicted octanol–water partition coefficient (Wildman–Crippen LogP) is 3.93. The Labute approximate surface area is 132 Å². The molecule has 2 aromatic carbocycles. The normalized spacial score (nSPS) is 12.8. The second-order valence-corrected chi connectivity index (χ2v) is 6.01. The highest BCUT2D eigenvalue weighted by atomic mass is 127. The number of rotatable bonds is 2. The van der Waals surface area contributed by atoms with Crippen molar-refractivity contribution in [3.05, 3.63) is 67.4 Å². The Morgan fingerprint density at radius 3 is 2.60 bits per heavy atom. The van der Waals surface area contributed by atoms with Crippen LogP contribution in [0.4, 0.5) is 4.39 Å². The molecule has 3 nitrogen and oxygen atoms in total. The fourth-order valence-corrected chi connectivity index (χ4v) is 3.39. The van der Waals surface area contributed by atoms with E-state index in [9.17, 15) is 9.18 Å². The zero-order valence-electron chi connectivity index (χ0n) is 10.1. The first-order chi connectivity index (χ1) is 9.54. The fourth-order valence-electron chi connectivity index (χ4n) is 2.09. The van der Waals surface area contributed by atoms with Gasteiger partial charge in [0.2, 0.25) is 0 Å². The Bertz CT molecular complexity index is 843. The molecule has 0 aliphatic heterocycles. The van der Waals surface area contributed by atoms with Crippen molar-refractivity contribution in [1.82, 2.24) is 9.97 Å². The van der Waals surface area contributed by atoms with E-state index in [4.69, 9.17) is 11.6 Å². The molecule has 0 spiro atoms. The number of hydrogen-bond donors (Lipinski definition) is 2. The van der Waals surface area contributed by atoms with E-state index in [1.165, 1.54) is 12.1 Å². The van der Waals surface area contributed by atoms with Crippen LogP contribution in [0, 0.1) is 9.39 Å². The van der Waals surface area contributed by atoms with Crippen molar-refractivity contribution in [2.24, 2.45) is 0 Å². The molecule has 6 heteroatoms. The van der Waals surface area contributed by atoms with Crippen LogP contribution in [0.2, 0.25) is 0 Å². The number of alkyl halides is 1. The molecular weight excluding hydrogens is 394 g/mol. The highest BCUT2D eigenvalue weighted by Crippen LogP contribution is 2.33. The van der Waals surface area contributed by atoms with Gasteiger partial charge < -0.3 is 9.97 Å². The van der Waals surface area contributed by atoms with E-state index in [2.05, 4.69) is 32.6 Å². The van der Waals surface area contributed by atoms with E-state index < -0.39 is 5.38 Å². The number of imidazole rings is 1. The number of halogens is 3. The molecule has 1 heterocycles. The van der Waals surface area contributed by atoms with Crippen LogP contribution in [0.1, 0.15) is 16.5 Å². The maximum absolute atomic E-state index is 13.1. The molecule has 102 valence electrons. The smallest absolute Gasteiger partial charge is 0.306 e. The van der Waals surface area contributed by atoms with Gasteiger partial charge in [0.25, 0.3) is 0 Å². The molecule has 20 heavy (non-hydrogen) atoms. The highest BCUT2D eigenvalue weighted by molar-refractivity contribution is 14.1. The van der Waals surface area contributed by atoms with Crippen LogP contribution in [-0.4, -0.2) is 9.97 Å². The molecule has 3 rings (SSSR count). The summed E-state index contributed by atoms with van der Waals surface area (Å²) in [6.07, 6.45) is 0. The van der Waals surface area contributed by atoms with Crippen molar-refractivity contribution in [2.75, 3.05) is 0 Å². The quantitative estimate of drug-likeness (QED) is 0.495. The minimum Gasteiger partial charge on any atom is -0.306 e. The van der Waals surface area contributed by atoms with Gasteiger partial charge in [0.05, 0.1) is 16.4 Å². The molecule has 1 unspecified atom stereocenters. The summed E-state index contributed by atoms with van der Waals surface area (Å²) in [5.41, 5.74) is 2.87. The Morgan fingerprint density at radius 2 is 1.85 bits per heavy atom. The average Bonchev–Trinajstić information content (AvgIpc) is 2.77. The molecule has 1 aromatic heterocycles. The Morgan fingerprint density at radius 1 is 1.10 bits per heavy atom. The van der Waals surface area contributed by atoms with E-state index in [1.54, 1.807) is 12.1 Å². The molecule has 1 atom stereocenters. The fraction of sp³-hybridized carbons (Fsp3) is 0.0714. The summed E-state index contributed by atoms with van der Waals surface area (Å²) < 4.78 is 13.9. The first kappa shape index (κ1) is 13.6. The molecule has 0 aliphatic carbocycles. The molecule has 0 amide bonds. The molecule has 0 bridgehead atoms. The number of aromatic nitrogens is 2. The third kappa shape index (κ3) is 2.47. The van der Waals surface area contributed by atoms with Gasteiger partial charge in [-0.3, -0.25) is 0 Å².